The molecule has 0 N–H and O–H groups in total. The fraction of sp³-hybridized carbons (Fsp3) is 0. The molecular formula is C33H21N5. The van der Waals surface area contributed by atoms with Crippen LogP contribution in [0.25, 0.3) is 66.9 Å². The SMILES string of the molecule is c1ccc(-c2cn3cc(-c4ccc(-c5nc6ccccc6c6nc7ccccn7c56)cc4)ccc3n2)cc1. The predicted octanol–water partition coefficient (Wildman–Crippen LogP) is 7.68. The molecular weight excluding hydrogens is 466 g/mol. The number of nitrogens with zero attached hydrogens (tertiary/aromatic N) is 5. The first-order chi connectivity index (χ1) is 18.8. The zero-order valence-electron chi connectivity index (χ0n) is 20.4. The monoisotopic (exact) mass is 487 g/mol. The molecule has 0 radical (unpaired) electrons. The van der Waals surface area contributed by atoms with Crippen LogP contribution < -0.4 is 0 Å². The van der Waals surface area contributed by atoms with E-state index >= 15 is 0 Å². The van der Waals surface area contributed by atoms with Crippen LogP contribution in [0.3, 0.4) is 0 Å². The first kappa shape index (κ1) is 20.9. The van der Waals surface area contributed by atoms with Crippen LogP contribution in [-0.4, -0.2) is 23.8 Å². The topological polar surface area (TPSA) is 47.5 Å². The Morgan fingerprint density at radius 1 is 0.500 bits per heavy atom. The highest BCUT2D eigenvalue weighted by molar-refractivity contribution is 6.09. The summed E-state index contributed by atoms with van der Waals surface area (Å²) >= 11 is 0. The molecule has 0 bridgehead atoms. The Balaban J connectivity index is 1.24. The van der Waals surface area contributed by atoms with E-state index in [1.807, 2.05) is 48.5 Å². The average molecular weight is 488 g/mol. The van der Waals surface area contributed by atoms with Crippen molar-refractivity contribution in [1.82, 2.24) is 23.8 Å². The summed E-state index contributed by atoms with van der Waals surface area (Å²) in [6.07, 6.45) is 6.28. The molecule has 0 aliphatic rings. The van der Waals surface area contributed by atoms with Gasteiger partial charge in [0.1, 0.15) is 16.8 Å². The third kappa shape index (κ3) is 3.22. The van der Waals surface area contributed by atoms with Crippen molar-refractivity contribution in [1.29, 1.82) is 0 Å². The average Bonchev–Trinajstić information content (AvgIpc) is 3.59. The zero-order valence-corrected chi connectivity index (χ0v) is 20.4. The molecule has 0 fully saturated rings. The van der Waals surface area contributed by atoms with Gasteiger partial charge in [0.2, 0.25) is 0 Å². The summed E-state index contributed by atoms with van der Waals surface area (Å²) in [4.78, 5) is 14.9. The van der Waals surface area contributed by atoms with Crippen molar-refractivity contribution < 1.29 is 0 Å². The smallest absolute Gasteiger partial charge is 0.137 e. The second-order valence-corrected chi connectivity index (χ2v) is 9.47. The lowest BCUT2D eigenvalue weighted by atomic mass is 10.0. The molecule has 0 unspecified atom stereocenters. The summed E-state index contributed by atoms with van der Waals surface area (Å²) in [6.45, 7) is 0. The minimum absolute atomic E-state index is 0.919. The van der Waals surface area contributed by atoms with E-state index in [1.165, 1.54) is 0 Å². The van der Waals surface area contributed by atoms with E-state index in [0.717, 1.165) is 66.9 Å². The van der Waals surface area contributed by atoms with Crippen molar-refractivity contribution in [2.75, 3.05) is 0 Å². The van der Waals surface area contributed by atoms with Gasteiger partial charge in [0, 0.05) is 35.1 Å². The number of hydrogen-bond acceptors (Lipinski definition) is 3. The molecule has 8 rings (SSSR count). The van der Waals surface area contributed by atoms with Crippen LogP contribution in [0, 0.1) is 0 Å². The van der Waals surface area contributed by atoms with Crippen LogP contribution >= 0.6 is 0 Å². The summed E-state index contributed by atoms with van der Waals surface area (Å²) < 4.78 is 4.23. The number of fused-ring (bicyclic) bond motifs is 6. The summed E-state index contributed by atoms with van der Waals surface area (Å²) in [7, 11) is 0. The van der Waals surface area contributed by atoms with E-state index in [-0.39, 0.29) is 0 Å². The molecule has 0 spiro atoms. The van der Waals surface area contributed by atoms with E-state index < -0.39 is 0 Å². The lowest BCUT2D eigenvalue weighted by Gasteiger charge is -2.09. The van der Waals surface area contributed by atoms with Gasteiger partial charge in [-0.2, -0.15) is 0 Å². The second kappa shape index (κ2) is 8.11. The summed E-state index contributed by atoms with van der Waals surface area (Å²) in [5.74, 6) is 0. The maximum atomic E-state index is 5.10. The Morgan fingerprint density at radius 2 is 1.26 bits per heavy atom. The highest BCUT2D eigenvalue weighted by Crippen LogP contribution is 2.34. The summed E-state index contributed by atoms with van der Waals surface area (Å²) in [6, 6.07) is 37.4. The molecule has 0 aliphatic carbocycles. The van der Waals surface area contributed by atoms with Crippen LogP contribution in [0.15, 0.2) is 128 Å². The number of benzene rings is 3. The number of aromatic nitrogens is 5. The van der Waals surface area contributed by atoms with Crippen LogP contribution in [0.1, 0.15) is 0 Å². The molecule has 178 valence electrons. The lowest BCUT2D eigenvalue weighted by molar-refractivity contribution is 1.19. The maximum absolute atomic E-state index is 5.10. The molecule has 5 aromatic heterocycles. The first-order valence-electron chi connectivity index (χ1n) is 12.6. The molecule has 0 aliphatic heterocycles. The molecule has 8 aromatic rings. The van der Waals surface area contributed by atoms with Gasteiger partial charge in [0.05, 0.1) is 22.4 Å². The molecule has 0 saturated carbocycles. The third-order valence-electron chi connectivity index (χ3n) is 7.16. The van der Waals surface area contributed by atoms with E-state index in [2.05, 4.69) is 88.1 Å². The normalized spacial score (nSPS) is 11.7. The quantitative estimate of drug-likeness (QED) is 0.257. The minimum Gasteiger partial charge on any atom is -0.306 e. The van der Waals surface area contributed by atoms with Gasteiger partial charge >= 0.3 is 0 Å². The Bertz CT molecular complexity index is 2120. The van der Waals surface area contributed by atoms with Gasteiger partial charge in [-0.05, 0) is 41.5 Å². The van der Waals surface area contributed by atoms with Crippen molar-refractivity contribution in [2.45, 2.75) is 0 Å². The van der Waals surface area contributed by atoms with Crippen LogP contribution in [-0.2, 0) is 0 Å². The van der Waals surface area contributed by atoms with E-state index in [9.17, 15) is 0 Å². The second-order valence-electron chi connectivity index (χ2n) is 9.47. The van der Waals surface area contributed by atoms with E-state index in [0.29, 0.717) is 0 Å². The number of para-hydroxylation sites is 1. The predicted molar refractivity (Wildman–Crippen MR) is 153 cm³/mol. The minimum atomic E-state index is 0.919. The Morgan fingerprint density at radius 3 is 2.16 bits per heavy atom. The van der Waals surface area contributed by atoms with Crippen molar-refractivity contribution in [2.24, 2.45) is 0 Å². The Hall–Kier alpha value is -5.29. The van der Waals surface area contributed by atoms with Gasteiger partial charge in [-0.15, -0.1) is 0 Å². The zero-order chi connectivity index (χ0) is 25.1. The molecule has 0 saturated heterocycles. The highest BCUT2D eigenvalue weighted by Gasteiger charge is 2.16. The fourth-order valence-electron chi connectivity index (χ4n) is 5.29. The molecule has 38 heavy (non-hydrogen) atoms. The van der Waals surface area contributed by atoms with Gasteiger partial charge in [-0.25, -0.2) is 15.0 Å². The van der Waals surface area contributed by atoms with Crippen molar-refractivity contribution in [3.63, 3.8) is 0 Å². The first-order valence-corrected chi connectivity index (χ1v) is 12.6. The van der Waals surface area contributed by atoms with Crippen molar-refractivity contribution in [3.05, 3.63) is 128 Å². The van der Waals surface area contributed by atoms with Crippen LogP contribution in [0.4, 0.5) is 0 Å². The highest BCUT2D eigenvalue weighted by atomic mass is 15.0. The van der Waals surface area contributed by atoms with E-state index in [4.69, 9.17) is 15.0 Å². The fourth-order valence-corrected chi connectivity index (χ4v) is 5.29. The van der Waals surface area contributed by atoms with E-state index in [1.54, 1.807) is 0 Å². The molecule has 0 atom stereocenters. The number of imidazole rings is 2. The van der Waals surface area contributed by atoms with Gasteiger partial charge < -0.3 is 4.40 Å². The van der Waals surface area contributed by atoms with Gasteiger partial charge in [-0.3, -0.25) is 4.40 Å². The van der Waals surface area contributed by atoms with Crippen molar-refractivity contribution in [3.8, 4) is 33.6 Å². The molecule has 3 aromatic carbocycles. The third-order valence-corrected chi connectivity index (χ3v) is 7.16. The Labute approximate surface area is 218 Å². The molecule has 5 nitrogen and oxygen atoms in total. The summed E-state index contributed by atoms with van der Waals surface area (Å²) in [5, 5.41) is 1.06. The number of rotatable bonds is 3. The van der Waals surface area contributed by atoms with Crippen LogP contribution in [0.5, 0.6) is 0 Å². The largest absolute Gasteiger partial charge is 0.306 e. The molecule has 5 heteroatoms. The number of pyridine rings is 3. The van der Waals surface area contributed by atoms with Crippen molar-refractivity contribution >= 4 is 33.2 Å². The molecule has 5 heterocycles. The molecule has 0 amide bonds. The van der Waals surface area contributed by atoms with Gasteiger partial charge in [-0.1, -0.05) is 78.9 Å². The Kier molecular flexibility index (Phi) is 4.45. The number of hydrogen-bond donors (Lipinski definition) is 0. The lowest BCUT2D eigenvalue weighted by Crippen LogP contribution is -1.92. The summed E-state index contributed by atoms with van der Waals surface area (Å²) in [5.41, 5.74) is 11.1. The van der Waals surface area contributed by atoms with Crippen LogP contribution in [0.2, 0.25) is 0 Å². The van der Waals surface area contributed by atoms with Gasteiger partial charge in [0.25, 0.3) is 0 Å². The van der Waals surface area contributed by atoms with Gasteiger partial charge in [0.15, 0.2) is 0 Å². The standard InChI is InChI=1S/C33H21N5/c1-2-8-23(9-3-1)28-21-37-20-25(17-18-29(37)34-28)22-13-15-24(16-14-22)31-33-32(26-10-4-5-11-27(26)35-31)36-30-12-6-7-19-38(30)33/h1-21H. The maximum Gasteiger partial charge on any atom is 0.137 e.